The van der Waals surface area contributed by atoms with Gasteiger partial charge in [0.05, 0.1) is 12.2 Å². The minimum absolute atomic E-state index is 0.271. The molecule has 120 valence electrons. The van der Waals surface area contributed by atoms with Crippen LogP contribution in [0.15, 0.2) is 17.4 Å². The van der Waals surface area contributed by atoms with Crippen molar-refractivity contribution in [3.63, 3.8) is 0 Å². The van der Waals surface area contributed by atoms with Gasteiger partial charge in [-0.05, 0) is 20.5 Å². The average molecular weight is 294 g/mol. The van der Waals surface area contributed by atoms with Crippen LogP contribution in [0.4, 0.5) is 0 Å². The van der Waals surface area contributed by atoms with Crippen molar-refractivity contribution in [3.05, 3.63) is 18.0 Å². The van der Waals surface area contributed by atoms with E-state index in [0.717, 1.165) is 19.0 Å². The maximum absolute atomic E-state index is 4.27. The number of rotatable bonds is 8. The molecule has 0 amide bonds. The Morgan fingerprint density at radius 1 is 1.38 bits per heavy atom. The molecule has 1 aromatic rings. The Balaban J connectivity index is 2.48. The summed E-state index contributed by atoms with van der Waals surface area (Å²) in [5.74, 6) is 0.863. The van der Waals surface area contributed by atoms with E-state index in [1.807, 2.05) is 25.0 Å². The van der Waals surface area contributed by atoms with Crippen LogP contribution in [0.1, 0.15) is 37.8 Å². The minimum atomic E-state index is 0.271. The third-order valence-electron chi connectivity index (χ3n) is 3.49. The monoisotopic (exact) mass is 294 g/mol. The van der Waals surface area contributed by atoms with Crippen molar-refractivity contribution in [2.75, 3.05) is 34.2 Å². The van der Waals surface area contributed by atoms with Crippen molar-refractivity contribution in [2.24, 2.45) is 12.0 Å². The molecule has 6 nitrogen and oxygen atoms in total. The number of hydrogen-bond donors (Lipinski definition) is 2. The Hall–Kier alpha value is -1.56. The smallest absolute Gasteiger partial charge is 0.191 e. The summed E-state index contributed by atoms with van der Waals surface area (Å²) in [7, 11) is 7.91. The third-order valence-corrected chi connectivity index (χ3v) is 3.49. The molecule has 21 heavy (non-hydrogen) atoms. The van der Waals surface area contributed by atoms with Gasteiger partial charge in [-0.25, -0.2) is 0 Å². The van der Waals surface area contributed by atoms with Crippen molar-refractivity contribution in [2.45, 2.75) is 32.2 Å². The van der Waals surface area contributed by atoms with Gasteiger partial charge in [0.25, 0.3) is 0 Å². The predicted octanol–water partition coefficient (Wildman–Crippen LogP) is 1.38. The molecule has 0 bridgehead atoms. The van der Waals surface area contributed by atoms with Crippen molar-refractivity contribution in [1.29, 1.82) is 0 Å². The Labute approximate surface area is 128 Å². The SMILES string of the molecule is CCCCCNC(=NC)NCC(c1cnn(C)c1)N(C)C. The zero-order valence-corrected chi connectivity index (χ0v) is 14.1. The number of aliphatic imine (C=N–C) groups is 1. The number of aromatic nitrogens is 2. The molecule has 0 fully saturated rings. The molecular weight excluding hydrogens is 264 g/mol. The second-order valence-electron chi connectivity index (χ2n) is 5.51. The van der Waals surface area contributed by atoms with Crippen LogP contribution < -0.4 is 10.6 Å². The normalized spacial score (nSPS) is 13.5. The van der Waals surface area contributed by atoms with Gasteiger partial charge in [-0.15, -0.1) is 0 Å². The van der Waals surface area contributed by atoms with E-state index in [0.29, 0.717) is 0 Å². The summed E-state index contributed by atoms with van der Waals surface area (Å²) in [5, 5.41) is 11.0. The molecule has 0 aliphatic carbocycles. The molecule has 0 aromatic carbocycles. The van der Waals surface area contributed by atoms with Gasteiger partial charge >= 0.3 is 0 Å². The van der Waals surface area contributed by atoms with E-state index in [2.05, 4.69) is 52.8 Å². The van der Waals surface area contributed by atoms with Gasteiger partial charge in [0.1, 0.15) is 0 Å². The van der Waals surface area contributed by atoms with Crippen LogP contribution in [-0.4, -0.2) is 54.9 Å². The van der Waals surface area contributed by atoms with E-state index >= 15 is 0 Å². The van der Waals surface area contributed by atoms with Gasteiger partial charge in [0, 0.05) is 38.9 Å². The lowest BCUT2D eigenvalue weighted by Crippen LogP contribution is -2.42. The van der Waals surface area contributed by atoms with Gasteiger partial charge in [-0.3, -0.25) is 9.67 Å². The van der Waals surface area contributed by atoms with Gasteiger partial charge < -0.3 is 15.5 Å². The van der Waals surface area contributed by atoms with Crippen LogP contribution >= 0.6 is 0 Å². The van der Waals surface area contributed by atoms with Crippen molar-refractivity contribution >= 4 is 5.96 Å². The lowest BCUT2D eigenvalue weighted by atomic mass is 10.1. The van der Waals surface area contributed by atoms with E-state index in [1.165, 1.54) is 24.8 Å². The highest BCUT2D eigenvalue weighted by atomic mass is 15.3. The number of nitrogens with zero attached hydrogens (tertiary/aromatic N) is 4. The quantitative estimate of drug-likeness (QED) is 0.432. The largest absolute Gasteiger partial charge is 0.356 e. The van der Waals surface area contributed by atoms with Crippen LogP contribution in [-0.2, 0) is 7.05 Å². The highest BCUT2D eigenvalue weighted by molar-refractivity contribution is 5.79. The first-order chi connectivity index (χ1) is 10.1. The number of hydrogen-bond acceptors (Lipinski definition) is 3. The first kappa shape index (κ1) is 17.5. The van der Waals surface area contributed by atoms with Gasteiger partial charge in [0.15, 0.2) is 5.96 Å². The van der Waals surface area contributed by atoms with Crippen molar-refractivity contribution < 1.29 is 0 Å². The molecule has 0 aliphatic heterocycles. The molecular formula is C15H30N6. The number of guanidine groups is 1. The fourth-order valence-electron chi connectivity index (χ4n) is 2.21. The minimum Gasteiger partial charge on any atom is -0.356 e. The number of unbranched alkanes of at least 4 members (excludes halogenated alkanes) is 2. The van der Waals surface area contributed by atoms with Crippen LogP contribution in [0, 0.1) is 0 Å². The number of nitrogens with one attached hydrogen (secondary N) is 2. The van der Waals surface area contributed by atoms with Gasteiger partial charge in [-0.2, -0.15) is 5.10 Å². The van der Waals surface area contributed by atoms with Crippen LogP contribution in [0.3, 0.4) is 0 Å². The first-order valence-corrected chi connectivity index (χ1v) is 7.68. The summed E-state index contributed by atoms with van der Waals surface area (Å²) >= 11 is 0. The van der Waals surface area contributed by atoms with Gasteiger partial charge in [-0.1, -0.05) is 19.8 Å². The topological polar surface area (TPSA) is 57.5 Å². The average Bonchev–Trinajstić information content (AvgIpc) is 2.87. The Morgan fingerprint density at radius 2 is 2.14 bits per heavy atom. The number of aryl methyl sites for hydroxylation is 1. The summed E-state index contributed by atoms with van der Waals surface area (Å²) in [4.78, 5) is 6.46. The summed E-state index contributed by atoms with van der Waals surface area (Å²) in [5.41, 5.74) is 1.21. The maximum Gasteiger partial charge on any atom is 0.191 e. The molecule has 1 aromatic heterocycles. The van der Waals surface area contributed by atoms with Crippen LogP contribution in [0.25, 0.3) is 0 Å². The summed E-state index contributed by atoms with van der Waals surface area (Å²) in [6.45, 7) is 3.97. The number of likely N-dealkylation sites (N-methyl/N-ethyl adjacent to an activating group) is 1. The van der Waals surface area contributed by atoms with E-state index in [9.17, 15) is 0 Å². The first-order valence-electron chi connectivity index (χ1n) is 7.68. The fourth-order valence-corrected chi connectivity index (χ4v) is 2.21. The van der Waals surface area contributed by atoms with E-state index in [1.54, 1.807) is 0 Å². The molecule has 0 spiro atoms. The molecule has 1 heterocycles. The highest BCUT2D eigenvalue weighted by Crippen LogP contribution is 2.15. The van der Waals surface area contributed by atoms with E-state index < -0.39 is 0 Å². The molecule has 0 radical (unpaired) electrons. The summed E-state index contributed by atoms with van der Waals surface area (Å²) in [6.07, 6.45) is 7.64. The lowest BCUT2D eigenvalue weighted by Gasteiger charge is -2.24. The molecule has 0 saturated heterocycles. The van der Waals surface area contributed by atoms with E-state index in [4.69, 9.17) is 0 Å². The molecule has 0 saturated carbocycles. The Kier molecular flexibility index (Phi) is 7.82. The molecule has 1 rings (SSSR count). The second-order valence-corrected chi connectivity index (χ2v) is 5.51. The molecule has 1 atom stereocenters. The zero-order chi connectivity index (χ0) is 15.7. The summed E-state index contributed by atoms with van der Waals surface area (Å²) in [6, 6.07) is 0.271. The second kappa shape index (κ2) is 9.39. The van der Waals surface area contributed by atoms with Crippen LogP contribution in [0.5, 0.6) is 0 Å². The zero-order valence-electron chi connectivity index (χ0n) is 14.1. The third kappa shape index (κ3) is 6.16. The molecule has 1 unspecified atom stereocenters. The van der Waals surface area contributed by atoms with Crippen molar-refractivity contribution in [3.8, 4) is 0 Å². The summed E-state index contributed by atoms with van der Waals surface area (Å²) < 4.78 is 1.84. The maximum atomic E-state index is 4.27. The standard InChI is InChI=1S/C15H30N6/c1-6-7-8-9-17-15(16-2)18-11-14(20(3)4)13-10-19-21(5)12-13/h10,12,14H,6-9,11H2,1-5H3,(H2,16,17,18). The van der Waals surface area contributed by atoms with E-state index in [-0.39, 0.29) is 6.04 Å². The van der Waals surface area contributed by atoms with Crippen molar-refractivity contribution in [1.82, 2.24) is 25.3 Å². The highest BCUT2D eigenvalue weighted by Gasteiger charge is 2.16. The predicted molar refractivity (Wildman–Crippen MR) is 88.5 cm³/mol. The molecule has 6 heteroatoms. The Bertz CT molecular complexity index is 424. The molecule has 2 N–H and O–H groups in total. The van der Waals surface area contributed by atoms with Gasteiger partial charge in [0.2, 0.25) is 0 Å². The Morgan fingerprint density at radius 3 is 2.67 bits per heavy atom. The fraction of sp³-hybridized carbons (Fsp3) is 0.733. The van der Waals surface area contributed by atoms with Crippen LogP contribution in [0.2, 0.25) is 0 Å². The molecule has 0 aliphatic rings. The lowest BCUT2D eigenvalue weighted by molar-refractivity contribution is 0.298.